The van der Waals surface area contributed by atoms with E-state index in [0.717, 1.165) is 11.4 Å². The minimum absolute atomic E-state index is 0.0335. The Morgan fingerprint density at radius 2 is 2.38 bits per heavy atom. The van der Waals surface area contributed by atoms with Gasteiger partial charge in [-0.1, -0.05) is 13.8 Å². The van der Waals surface area contributed by atoms with Crippen molar-refractivity contribution in [1.82, 2.24) is 10.3 Å². The highest BCUT2D eigenvalue weighted by atomic mass is 16.2. The molecule has 1 heterocycles. The molecular weight excluding hydrogens is 170 g/mol. The van der Waals surface area contributed by atoms with Crippen LogP contribution in [-0.4, -0.2) is 29.7 Å². The summed E-state index contributed by atoms with van der Waals surface area (Å²) < 4.78 is 0. The van der Waals surface area contributed by atoms with Crippen LogP contribution < -0.4 is 5.32 Å². The summed E-state index contributed by atoms with van der Waals surface area (Å²) in [6.07, 6.45) is 2.64. The van der Waals surface area contributed by atoms with Crippen LogP contribution in [-0.2, 0) is 4.79 Å². The van der Waals surface area contributed by atoms with Crippen LogP contribution in [0.3, 0.4) is 0 Å². The molecule has 1 atom stereocenters. The number of carbonyl (C=O) groups is 2. The molecule has 0 saturated carbocycles. The van der Waals surface area contributed by atoms with Crippen molar-refractivity contribution in [2.24, 2.45) is 11.0 Å². The zero-order valence-corrected chi connectivity index (χ0v) is 7.78. The van der Waals surface area contributed by atoms with Crippen LogP contribution in [0.1, 0.15) is 20.3 Å². The first-order valence-corrected chi connectivity index (χ1v) is 4.29. The largest absolute Gasteiger partial charge is 0.344 e. The van der Waals surface area contributed by atoms with Crippen LogP contribution in [0.5, 0.6) is 0 Å². The van der Waals surface area contributed by atoms with Crippen LogP contribution in [0, 0.1) is 5.92 Å². The van der Waals surface area contributed by atoms with E-state index < -0.39 is 6.03 Å². The summed E-state index contributed by atoms with van der Waals surface area (Å²) >= 11 is 0. The number of hydrogen-bond acceptors (Lipinski definition) is 3. The van der Waals surface area contributed by atoms with E-state index in [1.807, 2.05) is 13.8 Å². The summed E-state index contributed by atoms with van der Waals surface area (Å²) in [4.78, 5) is 21.7. The van der Waals surface area contributed by atoms with Crippen molar-refractivity contribution >= 4 is 18.2 Å². The molecule has 1 rings (SSSR count). The molecule has 72 valence electrons. The Hall–Kier alpha value is -1.39. The summed E-state index contributed by atoms with van der Waals surface area (Å²) in [5.41, 5.74) is 0. The SMILES string of the molecule is CCC(C)/C=N/N1CC(=O)NC1=O. The molecule has 5 heteroatoms. The van der Waals surface area contributed by atoms with E-state index >= 15 is 0 Å². The van der Waals surface area contributed by atoms with Crippen molar-refractivity contribution in [3.8, 4) is 0 Å². The maximum Gasteiger partial charge on any atom is 0.344 e. The van der Waals surface area contributed by atoms with E-state index in [1.165, 1.54) is 0 Å². The summed E-state index contributed by atoms with van der Waals surface area (Å²) in [6, 6.07) is -0.440. The third kappa shape index (κ3) is 2.54. The Balaban J connectivity index is 2.50. The molecule has 0 radical (unpaired) electrons. The second-order valence-corrected chi connectivity index (χ2v) is 3.06. The van der Waals surface area contributed by atoms with Gasteiger partial charge in [-0.2, -0.15) is 5.10 Å². The van der Waals surface area contributed by atoms with Gasteiger partial charge in [-0.05, 0) is 12.3 Å². The van der Waals surface area contributed by atoms with Gasteiger partial charge in [-0.15, -0.1) is 0 Å². The van der Waals surface area contributed by atoms with Crippen molar-refractivity contribution in [3.63, 3.8) is 0 Å². The zero-order chi connectivity index (χ0) is 9.84. The first kappa shape index (κ1) is 9.70. The second kappa shape index (κ2) is 4.02. The lowest BCUT2D eigenvalue weighted by Gasteiger charge is -2.06. The van der Waals surface area contributed by atoms with Gasteiger partial charge < -0.3 is 0 Å². The molecule has 1 saturated heterocycles. The fourth-order valence-corrected chi connectivity index (χ4v) is 0.824. The number of carbonyl (C=O) groups excluding carboxylic acids is 2. The molecule has 0 aromatic carbocycles. The molecule has 0 bridgehead atoms. The highest BCUT2D eigenvalue weighted by Gasteiger charge is 2.25. The average molecular weight is 183 g/mol. The first-order chi connectivity index (χ1) is 6.13. The number of rotatable bonds is 3. The molecule has 0 aromatic heterocycles. The van der Waals surface area contributed by atoms with Gasteiger partial charge in [0.05, 0.1) is 0 Å². The minimum atomic E-state index is -0.440. The van der Waals surface area contributed by atoms with Crippen LogP contribution >= 0.6 is 0 Å². The molecule has 1 N–H and O–H groups in total. The fraction of sp³-hybridized carbons (Fsp3) is 0.625. The van der Waals surface area contributed by atoms with Gasteiger partial charge in [-0.3, -0.25) is 10.1 Å². The molecule has 5 nitrogen and oxygen atoms in total. The summed E-state index contributed by atoms with van der Waals surface area (Å²) in [7, 11) is 0. The number of imide groups is 1. The molecule has 3 amide bonds. The summed E-state index contributed by atoms with van der Waals surface area (Å²) in [5, 5.41) is 7.18. The monoisotopic (exact) mass is 183 g/mol. The van der Waals surface area contributed by atoms with E-state index in [-0.39, 0.29) is 12.5 Å². The molecule has 0 aromatic rings. The van der Waals surface area contributed by atoms with E-state index in [4.69, 9.17) is 0 Å². The number of amides is 3. The third-order valence-electron chi connectivity index (χ3n) is 1.88. The quantitative estimate of drug-likeness (QED) is 0.513. The number of nitrogens with zero attached hydrogens (tertiary/aromatic N) is 2. The Morgan fingerprint density at radius 3 is 2.85 bits per heavy atom. The van der Waals surface area contributed by atoms with Crippen LogP contribution in [0.2, 0.25) is 0 Å². The Bertz CT molecular complexity index is 250. The van der Waals surface area contributed by atoms with E-state index in [0.29, 0.717) is 5.92 Å². The standard InChI is InChI=1S/C8H13N3O2/c1-3-6(2)4-9-11-5-7(12)10-8(11)13/h4,6H,3,5H2,1-2H3,(H,10,12,13)/b9-4+. The van der Waals surface area contributed by atoms with Gasteiger partial charge >= 0.3 is 6.03 Å². The lowest BCUT2D eigenvalue weighted by molar-refractivity contribution is -0.118. The highest BCUT2D eigenvalue weighted by molar-refractivity contribution is 6.01. The molecule has 1 unspecified atom stereocenters. The predicted molar refractivity (Wildman–Crippen MR) is 48.2 cm³/mol. The number of urea groups is 1. The lowest BCUT2D eigenvalue weighted by atomic mass is 10.1. The van der Waals surface area contributed by atoms with Crippen LogP contribution in [0.4, 0.5) is 4.79 Å². The highest BCUT2D eigenvalue weighted by Crippen LogP contribution is 2.01. The number of hydrazone groups is 1. The summed E-state index contributed by atoms with van der Waals surface area (Å²) in [6.45, 7) is 4.07. The third-order valence-corrected chi connectivity index (χ3v) is 1.88. The maximum atomic E-state index is 11.0. The predicted octanol–water partition coefficient (Wildman–Crippen LogP) is 0.570. The van der Waals surface area contributed by atoms with Gasteiger partial charge in [0.25, 0.3) is 0 Å². The van der Waals surface area contributed by atoms with Crippen molar-refractivity contribution in [3.05, 3.63) is 0 Å². The smallest absolute Gasteiger partial charge is 0.275 e. The van der Waals surface area contributed by atoms with Gasteiger partial charge in [0.1, 0.15) is 6.54 Å². The summed E-state index contributed by atoms with van der Waals surface area (Å²) in [5.74, 6) is 0.0230. The van der Waals surface area contributed by atoms with E-state index in [2.05, 4.69) is 10.4 Å². The first-order valence-electron chi connectivity index (χ1n) is 4.29. The second-order valence-electron chi connectivity index (χ2n) is 3.06. The topological polar surface area (TPSA) is 61.8 Å². The van der Waals surface area contributed by atoms with Crippen molar-refractivity contribution in [2.75, 3.05) is 6.54 Å². The van der Waals surface area contributed by atoms with Gasteiger partial charge in [-0.25, -0.2) is 9.80 Å². The van der Waals surface area contributed by atoms with Crippen LogP contribution in [0.25, 0.3) is 0 Å². The van der Waals surface area contributed by atoms with Crippen molar-refractivity contribution in [2.45, 2.75) is 20.3 Å². The fourth-order valence-electron chi connectivity index (χ4n) is 0.824. The molecule has 0 spiro atoms. The molecule has 1 fully saturated rings. The zero-order valence-electron chi connectivity index (χ0n) is 7.78. The minimum Gasteiger partial charge on any atom is -0.275 e. The normalized spacial score (nSPS) is 19.7. The molecule has 0 aliphatic carbocycles. The number of nitrogens with one attached hydrogen (secondary N) is 1. The Labute approximate surface area is 76.8 Å². The molecular formula is C8H13N3O2. The Morgan fingerprint density at radius 1 is 1.69 bits per heavy atom. The van der Waals surface area contributed by atoms with Gasteiger partial charge in [0.2, 0.25) is 5.91 Å². The average Bonchev–Trinajstić information content (AvgIpc) is 2.41. The van der Waals surface area contributed by atoms with Crippen molar-refractivity contribution in [1.29, 1.82) is 0 Å². The molecule has 1 aliphatic rings. The van der Waals surface area contributed by atoms with Gasteiger partial charge in [0.15, 0.2) is 0 Å². The van der Waals surface area contributed by atoms with E-state index in [9.17, 15) is 9.59 Å². The lowest BCUT2D eigenvalue weighted by Crippen LogP contribution is -2.24. The van der Waals surface area contributed by atoms with E-state index in [1.54, 1.807) is 6.21 Å². The number of hydrogen-bond donors (Lipinski definition) is 1. The van der Waals surface area contributed by atoms with Gasteiger partial charge in [0, 0.05) is 6.21 Å². The van der Waals surface area contributed by atoms with Crippen molar-refractivity contribution < 1.29 is 9.59 Å². The van der Waals surface area contributed by atoms with Crippen LogP contribution in [0.15, 0.2) is 5.10 Å². The molecule has 13 heavy (non-hydrogen) atoms. The maximum absolute atomic E-state index is 11.0. The molecule has 1 aliphatic heterocycles. The Kier molecular flexibility index (Phi) is 3.00.